The quantitative estimate of drug-likeness (QED) is 0.105. The Labute approximate surface area is 446 Å². The normalized spacial score (nSPS) is 11.6. The van der Waals surface area contributed by atoms with Gasteiger partial charge in [0, 0.05) is 6.42 Å². The van der Waals surface area contributed by atoms with Gasteiger partial charge >= 0.3 is 0 Å². The first-order valence-electron chi connectivity index (χ1n) is 26.2. The van der Waals surface area contributed by atoms with Gasteiger partial charge in [0.15, 0.2) is 0 Å². The van der Waals surface area contributed by atoms with Gasteiger partial charge in [-0.15, -0.1) is 18.9 Å². The zero-order chi connectivity index (χ0) is 53.5. The van der Waals surface area contributed by atoms with Crippen molar-refractivity contribution in [3.05, 3.63) is 316 Å². The van der Waals surface area contributed by atoms with Gasteiger partial charge in [-0.2, -0.15) is 0 Å². The molecule has 74 heavy (non-hydrogen) atoms. The third kappa shape index (κ3) is 14.6. The molecule has 0 saturated carbocycles. The average Bonchev–Trinajstić information content (AvgIpc) is 3.74. The van der Waals surface area contributed by atoms with Gasteiger partial charge in [-0.1, -0.05) is 275 Å². The van der Waals surface area contributed by atoms with E-state index in [1.54, 1.807) is 0 Å². The van der Waals surface area contributed by atoms with Crippen LogP contribution >= 0.6 is 0 Å². The predicted molar refractivity (Wildman–Crippen MR) is 326 cm³/mol. The van der Waals surface area contributed by atoms with Crippen LogP contribution in [0.15, 0.2) is 244 Å². The summed E-state index contributed by atoms with van der Waals surface area (Å²) in [5.74, 6) is 2.95. The van der Waals surface area contributed by atoms with Crippen molar-refractivity contribution in [1.29, 1.82) is 0 Å². The van der Waals surface area contributed by atoms with Crippen LogP contribution in [0.5, 0.6) is 0 Å². The summed E-state index contributed by atoms with van der Waals surface area (Å²) < 4.78 is 0. The molecule has 0 aliphatic heterocycles. The lowest BCUT2D eigenvalue weighted by atomic mass is 9.67. The molecule has 9 aromatic rings. The van der Waals surface area contributed by atoms with Crippen LogP contribution < -0.4 is 0 Å². The average molecular weight is 967 g/mol. The van der Waals surface area contributed by atoms with Gasteiger partial charge < -0.3 is 0 Å². The van der Waals surface area contributed by atoms with Crippen molar-refractivity contribution in [3.63, 3.8) is 0 Å². The Morgan fingerprint density at radius 1 is 0.568 bits per heavy atom. The van der Waals surface area contributed by atoms with Crippen LogP contribution in [0.25, 0.3) is 27.5 Å². The minimum atomic E-state index is -0.322. The van der Waals surface area contributed by atoms with E-state index in [4.69, 9.17) is 6.42 Å². The summed E-state index contributed by atoms with van der Waals surface area (Å²) in [6.45, 7) is 28.5. The molecule has 1 aliphatic carbocycles. The zero-order valence-corrected chi connectivity index (χ0v) is 45.9. The van der Waals surface area contributed by atoms with E-state index in [9.17, 15) is 0 Å². The highest BCUT2D eigenvalue weighted by Gasteiger charge is 2.45. The second kappa shape index (κ2) is 28.9. The van der Waals surface area contributed by atoms with Gasteiger partial charge in [0.05, 0.1) is 5.41 Å². The molecule has 1 atom stereocenters. The topological polar surface area (TPSA) is 0 Å². The molecule has 10 rings (SSSR count). The first kappa shape index (κ1) is 56.9. The molecule has 0 bridgehead atoms. The molecule has 0 saturated heterocycles. The fourth-order valence-electron chi connectivity index (χ4n) is 9.32. The number of rotatable bonds is 8. The Morgan fingerprint density at radius 2 is 1.09 bits per heavy atom. The summed E-state index contributed by atoms with van der Waals surface area (Å²) >= 11 is 0. The monoisotopic (exact) mass is 967 g/mol. The highest BCUT2D eigenvalue weighted by molar-refractivity contribution is 5.87. The lowest BCUT2D eigenvalue weighted by Crippen LogP contribution is -2.28. The minimum absolute atomic E-state index is 0.322. The molecule has 0 fully saturated rings. The summed E-state index contributed by atoms with van der Waals surface area (Å²) in [4.78, 5) is 0. The number of terminal acetylenes is 1. The number of benzene rings is 9. The van der Waals surface area contributed by atoms with Gasteiger partial charge in [-0.05, 0) is 144 Å². The van der Waals surface area contributed by atoms with Crippen molar-refractivity contribution in [2.45, 2.75) is 93.4 Å². The lowest BCUT2D eigenvalue weighted by molar-refractivity contribution is 0.767. The summed E-state index contributed by atoms with van der Waals surface area (Å²) in [6, 6.07) is 76.7. The maximum Gasteiger partial charge on any atom is 0.0713 e. The summed E-state index contributed by atoms with van der Waals surface area (Å²) in [6.07, 6.45) is 12.5. The lowest BCUT2D eigenvalue weighted by Gasteiger charge is -2.34. The molecule has 0 heteroatoms. The minimum Gasteiger partial charge on any atom is -0.120 e. The highest BCUT2D eigenvalue weighted by atomic mass is 14.5. The standard InChI is InChI=1S/C33H26.C12H12.C11H14.C10H12.C6H8.C2H6/c1-24-16-18-25(19-17-24)22-26-20-21-30-29-14-8-9-15-31(29)33(32(30)23-26,27-10-4-2-5-11-27)28-12-6-3-7-13-28;1-9-7-8-11-5-3-4-6-12(11)10(9)2;1-4-10(3)11-7-5-9(2)6-8-11;1-8(2)10-7-5-4-6-9(10)3;1-3-5-6-4-2;1-2/h2-21,23H,22H2,1H3;3-8H,1-2H3;4-8,10H,1H2,2-3H3;4-7H,1H2,2-3H3;1,4,6H,5H2,2H3;1-2H3/b;;;;6-4-;. The molecule has 0 N–H and O–H groups in total. The second-order valence-corrected chi connectivity index (χ2v) is 18.8. The Bertz CT molecular complexity index is 3190. The third-order valence-electron chi connectivity index (χ3n) is 13.6. The van der Waals surface area contributed by atoms with Crippen molar-refractivity contribution in [2.24, 2.45) is 0 Å². The van der Waals surface area contributed by atoms with Crippen LogP contribution in [0, 0.1) is 47.0 Å². The molecule has 1 aliphatic rings. The number of allylic oxidation sites excluding steroid dienone is 4. The molecule has 0 nitrogen and oxygen atoms in total. The molecular weight excluding hydrogens is 889 g/mol. The first-order chi connectivity index (χ1) is 35.9. The Kier molecular flexibility index (Phi) is 22.2. The van der Waals surface area contributed by atoms with Gasteiger partial charge in [0.1, 0.15) is 0 Å². The van der Waals surface area contributed by atoms with Crippen molar-refractivity contribution in [3.8, 4) is 23.5 Å². The van der Waals surface area contributed by atoms with E-state index in [2.05, 4.69) is 261 Å². The van der Waals surface area contributed by atoms with E-state index in [1.807, 2.05) is 58.1 Å². The molecular formula is C74H78. The number of aryl methyl sites for hydroxylation is 5. The maximum absolute atomic E-state index is 4.91. The van der Waals surface area contributed by atoms with Crippen LogP contribution in [0.2, 0.25) is 0 Å². The molecule has 0 amide bonds. The molecule has 9 aromatic carbocycles. The van der Waals surface area contributed by atoms with E-state index in [-0.39, 0.29) is 5.41 Å². The Morgan fingerprint density at radius 3 is 1.65 bits per heavy atom. The SMILES string of the molecule is C#CC/C=C\C.C=C(C)c1ccccc1C.C=CC(C)c1ccc(C)cc1.CC.Cc1ccc(Cc2ccc3c(c2)C(c2ccccc2)(c2ccccc2)c2ccccc2-3)cc1.Cc1ccc2ccccc2c1C. The maximum atomic E-state index is 4.91. The largest absolute Gasteiger partial charge is 0.120 e. The van der Waals surface area contributed by atoms with E-state index in [1.165, 1.54) is 94.2 Å². The highest BCUT2D eigenvalue weighted by Crippen LogP contribution is 2.56. The zero-order valence-electron chi connectivity index (χ0n) is 45.9. The van der Waals surface area contributed by atoms with Gasteiger partial charge in [0.25, 0.3) is 0 Å². The van der Waals surface area contributed by atoms with Crippen LogP contribution in [0.1, 0.15) is 119 Å². The van der Waals surface area contributed by atoms with Crippen LogP contribution in [0.4, 0.5) is 0 Å². The fraction of sp³-hybridized carbons (Fsp3) is 0.189. The van der Waals surface area contributed by atoms with E-state index in [0.29, 0.717) is 5.92 Å². The number of hydrogen-bond donors (Lipinski definition) is 0. The van der Waals surface area contributed by atoms with Gasteiger partial charge in [-0.3, -0.25) is 0 Å². The number of hydrogen-bond acceptors (Lipinski definition) is 0. The fourth-order valence-corrected chi connectivity index (χ4v) is 9.32. The van der Waals surface area contributed by atoms with Crippen molar-refractivity contribution in [1.82, 2.24) is 0 Å². The van der Waals surface area contributed by atoms with Crippen LogP contribution in [0.3, 0.4) is 0 Å². The van der Waals surface area contributed by atoms with E-state index < -0.39 is 0 Å². The summed E-state index contributed by atoms with van der Waals surface area (Å²) in [5.41, 5.74) is 20.8. The molecule has 0 spiro atoms. The molecule has 0 aromatic heterocycles. The molecule has 0 radical (unpaired) electrons. The smallest absolute Gasteiger partial charge is 0.0713 e. The summed E-state index contributed by atoms with van der Waals surface area (Å²) in [7, 11) is 0. The Balaban J connectivity index is 0.000000202. The van der Waals surface area contributed by atoms with Crippen LogP contribution in [-0.4, -0.2) is 0 Å². The first-order valence-corrected chi connectivity index (χ1v) is 26.2. The molecule has 374 valence electrons. The summed E-state index contributed by atoms with van der Waals surface area (Å²) in [5, 5.41) is 2.71. The third-order valence-corrected chi connectivity index (χ3v) is 13.6. The second-order valence-electron chi connectivity index (χ2n) is 18.8. The molecule has 0 heterocycles. The number of fused-ring (bicyclic) bond motifs is 4. The van der Waals surface area contributed by atoms with Crippen molar-refractivity contribution >= 4 is 16.3 Å². The van der Waals surface area contributed by atoms with E-state index in [0.717, 1.165) is 18.4 Å². The van der Waals surface area contributed by atoms with E-state index >= 15 is 0 Å². The van der Waals surface area contributed by atoms with Gasteiger partial charge in [-0.25, -0.2) is 0 Å². The van der Waals surface area contributed by atoms with Crippen LogP contribution in [-0.2, 0) is 11.8 Å². The van der Waals surface area contributed by atoms with Gasteiger partial charge in [0.2, 0.25) is 0 Å². The predicted octanol–water partition coefficient (Wildman–Crippen LogP) is 20.3. The molecule has 1 unspecified atom stereocenters. The van der Waals surface area contributed by atoms with Crippen molar-refractivity contribution < 1.29 is 0 Å². The van der Waals surface area contributed by atoms with Crippen molar-refractivity contribution in [2.75, 3.05) is 0 Å². The Hall–Kier alpha value is -7.98.